The zero-order chi connectivity index (χ0) is 19.9. The van der Waals surface area contributed by atoms with Gasteiger partial charge in [-0.25, -0.2) is 4.90 Å². The Morgan fingerprint density at radius 3 is 1.93 bits per heavy atom. The summed E-state index contributed by atoms with van der Waals surface area (Å²) in [5, 5.41) is 12.1. The van der Waals surface area contributed by atoms with Crippen molar-refractivity contribution in [1.29, 1.82) is 0 Å². The lowest BCUT2D eigenvalue weighted by atomic mass is 9.52. The SMILES string of the molecule is O=C1[C@H]2C3c4ccccc4C(O)(c4ccccc43)[C@H]2C(=O)N1c1ccc(Br)cc1. The van der Waals surface area contributed by atoms with Gasteiger partial charge in [-0.1, -0.05) is 64.5 Å². The van der Waals surface area contributed by atoms with E-state index in [9.17, 15) is 14.7 Å². The summed E-state index contributed by atoms with van der Waals surface area (Å²) < 4.78 is 0.872. The van der Waals surface area contributed by atoms with E-state index in [0.717, 1.165) is 26.7 Å². The summed E-state index contributed by atoms with van der Waals surface area (Å²) in [6.07, 6.45) is 0. The van der Waals surface area contributed by atoms with Crippen LogP contribution in [0.5, 0.6) is 0 Å². The van der Waals surface area contributed by atoms with Gasteiger partial charge in [0.1, 0.15) is 5.60 Å². The van der Waals surface area contributed by atoms with Crippen molar-refractivity contribution < 1.29 is 14.7 Å². The van der Waals surface area contributed by atoms with Gasteiger partial charge in [-0.2, -0.15) is 0 Å². The van der Waals surface area contributed by atoms with Crippen LogP contribution in [0.15, 0.2) is 77.3 Å². The highest BCUT2D eigenvalue weighted by Gasteiger charge is 2.68. The first-order chi connectivity index (χ1) is 14.0. The number of halogens is 1. The molecule has 1 aliphatic heterocycles. The van der Waals surface area contributed by atoms with Gasteiger partial charge in [0, 0.05) is 10.4 Å². The molecule has 3 aromatic carbocycles. The van der Waals surface area contributed by atoms with Gasteiger partial charge < -0.3 is 5.11 Å². The molecule has 1 heterocycles. The number of anilines is 1. The molecule has 2 amide bonds. The summed E-state index contributed by atoms with van der Waals surface area (Å²) in [7, 11) is 0. The molecule has 0 spiro atoms. The number of hydrogen-bond donors (Lipinski definition) is 1. The van der Waals surface area contributed by atoms with Gasteiger partial charge in [-0.05, 0) is 46.5 Å². The van der Waals surface area contributed by atoms with Crippen LogP contribution in [0.4, 0.5) is 5.69 Å². The fourth-order valence-electron chi connectivity index (χ4n) is 5.58. The summed E-state index contributed by atoms with van der Waals surface area (Å²) >= 11 is 3.39. The monoisotopic (exact) mass is 445 g/mol. The minimum Gasteiger partial charge on any atom is -0.379 e. The zero-order valence-corrected chi connectivity index (χ0v) is 16.8. The number of carbonyl (C=O) groups excluding carboxylic acids is 2. The maximum Gasteiger partial charge on any atom is 0.241 e. The third-order valence-corrected chi connectivity index (χ3v) is 7.19. The highest BCUT2D eigenvalue weighted by atomic mass is 79.9. The van der Waals surface area contributed by atoms with Crippen LogP contribution in [0.1, 0.15) is 28.2 Å². The van der Waals surface area contributed by atoms with Crippen molar-refractivity contribution in [3.8, 4) is 0 Å². The third kappa shape index (κ3) is 1.97. The molecule has 4 aliphatic rings. The number of carbonyl (C=O) groups is 2. The Balaban J connectivity index is 1.61. The van der Waals surface area contributed by atoms with E-state index in [0.29, 0.717) is 5.69 Å². The molecule has 0 unspecified atom stereocenters. The lowest BCUT2D eigenvalue weighted by molar-refractivity contribution is -0.133. The fraction of sp³-hybridized carbons (Fsp3) is 0.167. The molecule has 2 atom stereocenters. The molecule has 1 N–H and O–H groups in total. The molecule has 0 aromatic heterocycles. The van der Waals surface area contributed by atoms with Crippen molar-refractivity contribution in [2.24, 2.45) is 11.8 Å². The number of imide groups is 1. The van der Waals surface area contributed by atoms with Crippen molar-refractivity contribution in [2.75, 3.05) is 4.90 Å². The predicted octanol–water partition coefficient (Wildman–Crippen LogP) is 3.95. The molecule has 142 valence electrons. The molecule has 7 rings (SSSR count). The van der Waals surface area contributed by atoms with Gasteiger partial charge in [0.15, 0.2) is 0 Å². The minimum atomic E-state index is -1.51. The summed E-state index contributed by atoms with van der Waals surface area (Å²) in [5.41, 5.74) is 2.38. The summed E-state index contributed by atoms with van der Waals surface area (Å²) in [6, 6.07) is 22.4. The average Bonchev–Trinajstić information content (AvgIpc) is 3.01. The van der Waals surface area contributed by atoms with E-state index in [1.54, 1.807) is 12.1 Å². The van der Waals surface area contributed by atoms with E-state index < -0.39 is 17.4 Å². The lowest BCUT2D eigenvalue weighted by Crippen LogP contribution is -2.53. The van der Waals surface area contributed by atoms with Crippen molar-refractivity contribution in [3.63, 3.8) is 0 Å². The fourth-order valence-corrected chi connectivity index (χ4v) is 5.84. The first-order valence-corrected chi connectivity index (χ1v) is 10.4. The first kappa shape index (κ1) is 17.1. The van der Waals surface area contributed by atoms with E-state index in [2.05, 4.69) is 15.9 Å². The smallest absolute Gasteiger partial charge is 0.241 e. The molecule has 2 bridgehead atoms. The average molecular weight is 446 g/mol. The van der Waals surface area contributed by atoms with E-state index in [-0.39, 0.29) is 17.7 Å². The highest BCUT2D eigenvalue weighted by molar-refractivity contribution is 9.10. The van der Waals surface area contributed by atoms with Crippen LogP contribution in [0, 0.1) is 11.8 Å². The standard InChI is InChI=1S/C24H16BrNO3/c25-13-9-11-14(12-10-13)26-22(27)20-19-15-5-1-3-7-17(15)24(29,21(20)23(26)28)18-8-4-2-6-16(18)19/h1-12,19-21,29H/t19?,20-,21+,24?/m0/s1. The van der Waals surface area contributed by atoms with Crippen LogP contribution in [0.3, 0.4) is 0 Å². The van der Waals surface area contributed by atoms with E-state index in [4.69, 9.17) is 0 Å². The van der Waals surface area contributed by atoms with E-state index >= 15 is 0 Å². The molecular weight excluding hydrogens is 430 g/mol. The zero-order valence-electron chi connectivity index (χ0n) is 15.2. The van der Waals surface area contributed by atoms with Crippen LogP contribution in [0.2, 0.25) is 0 Å². The minimum absolute atomic E-state index is 0.238. The van der Waals surface area contributed by atoms with Crippen molar-refractivity contribution in [2.45, 2.75) is 11.5 Å². The van der Waals surface area contributed by atoms with Crippen molar-refractivity contribution >= 4 is 33.4 Å². The summed E-state index contributed by atoms with van der Waals surface area (Å²) in [4.78, 5) is 28.4. The Morgan fingerprint density at radius 2 is 1.34 bits per heavy atom. The molecule has 3 aliphatic carbocycles. The second kappa shape index (κ2) is 5.65. The van der Waals surface area contributed by atoms with Gasteiger partial charge in [0.25, 0.3) is 0 Å². The topological polar surface area (TPSA) is 57.6 Å². The molecule has 3 aromatic rings. The number of rotatable bonds is 1. The molecule has 0 radical (unpaired) electrons. The Morgan fingerprint density at radius 1 is 0.793 bits per heavy atom. The molecule has 0 saturated carbocycles. The number of aliphatic hydroxyl groups is 1. The summed E-state index contributed by atoms with van der Waals surface area (Å²) in [6.45, 7) is 0. The van der Waals surface area contributed by atoms with Crippen molar-refractivity contribution in [1.82, 2.24) is 0 Å². The quantitative estimate of drug-likeness (QED) is 0.576. The number of hydrogen-bond acceptors (Lipinski definition) is 3. The van der Waals surface area contributed by atoms with E-state index in [1.807, 2.05) is 60.7 Å². The van der Waals surface area contributed by atoms with Crippen LogP contribution >= 0.6 is 15.9 Å². The van der Waals surface area contributed by atoms with Gasteiger partial charge in [-0.3, -0.25) is 9.59 Å². The molecule has 1 fully saturated rings. The Kier molecular flexibility index (Phi) is 3.34. The molecule has 5 heteroatoms. The maximum atomic E-state index is 13.6. The van der Waals surface area contributed by atoms with E-state index in [1.165, 1.54) is 4.90 Å². The van der Waals surface area contributed by atoms with Gasteiger partial charge >= 0.3 is 0 Å². The molecule has 4 nitrogen and oxygen atoms in total. The normalized spacial score (nSPS) is 28.9. The Labute approximate surface area is 175 Å². The summed E-state index contributed by atoms with van der Waals surface area (Å²) in [5.74, 6) is -2.25. The van der Waals surface area contributed by atoms with Gasteiger partial charge in [-0.15, -0.1) is 0 Å². The Bertz CT molecular complexity index is 1160. The number of benzene rings is 3. The number of amides is 2. The highest BCUT2D eigenvalue weighted by Crippen LogP contribution is 2.63. The van der Waals surface area contributed by atoms with Crippen molar-refractivity contribution in [3.05, 3.63) is 99.5 Å². The lowest BCUT2D eigenvalue weighted by Gasteiger charge is -2.51. The largest absolute Gasteiger partial charge is 0.379 e. The Hall–Kier alpha value is -2.76. The van der Waals surface area contributed by atoms with Gasteiger partial charge in [0.05, 0.1) is 17.5 Å². The number of nitrogens with zero attached hydrogens (tertiary/aromatic N) is 1. The van der Waals surface area contributed by atoms with Crippen LogP contribution < -0.4 is 4.90 Å². The molecule has 29 heavy (non-hydrogen) atoms. The second-order valence-electron chi connectivity index (χ2n) is 7.91. The predicted molar refractivity (Wildman–Crippen MR) is 111 cm³/mol. The van der Waals surface area contributed by atoms with Crippen LogP contribution in [-0.2, 0) is 15.2 Å². The third-order valence-electron chi connectivity index (χ3n) is 6.66. The molecular formula is C24H16BrNO3. The second-order valence-corrected chi connectivity index (χ2v) is 8.83. The maximum absolute atomic E-state index is 13.6. The first-order valence-electron chi connectivity index (χ1n) is 9.58. The van der Waals surface area contributed by atoms with Crippen LogP contribution in [-0.4, -0.2) is 16.9 Å². The van der Waals surface area contributed by atoms with Crippen LogP contribution in [0.25, 0.3) is 0 Å². The van der Waals surface area contributed by atoms with Gasteiger partial charge in [0.2, 0.25) is 11.8 Å². The molecule has 1 saturated heterocycles.